The topological polar surface area (TPSA) is 79.5 Å². The zero-order chi connectivity index (χ0) is 14.1. The third kappa shape index (κ3) is 2.42. The maximum atomic E-state index is 11.5. The van der Waals surface area contributed by atoms with Crippen molar-refractivity contribution in [3.63, 3.8) is 0 Å². The summed E-state index contributed by atoms with van der Waals surface area (Å²) in [7, 11) is 0. The van der Waals surface area contributed by atoms with Gasteiger partial charge in [-0.1, -0.05) is 29.4 Å². The van der Waals surface area contributed by atoms with Crippen molar-refractivity contribution in [2.45, 2.75) is 32.5 Å². The van der Waals surface area contributed by atoms with Crippen LogP contribution in [0.5, 0.6) is 0 Å². The number of rotatable bonds is 3. The lowest BCUT2D eigenvalue weighted by atomic mass is 9.94. The molecule has 2 aromatic rings. The highest BCUT2D eigenvalue weighted by atomic mass is 16.5. The van der Waals surface area contributed by atoms with Crippen LogP contribution in [0.25, 0.3) is 0 Å². The summed E-state index contributed by atoms with van der Waals surface area (Å²) in [5, 5.41) is 13.1. The standard InChI is InChI=1S/C14H15N3O3/c1-9-15-13(20-16-9)8-17-7-11-5-3-2-4-10(11)6-12(17)14(18)19/h2-5,12H,6-8H2,1H3,(H,18,19)/t12-/m0/s1. The van der Waals surface area contributed by atoms with Crippen molar-refractivity contribution in [2.24, 2.45) is 0 Å². The van der Waals surface area contributed by atoms with Gasteiger partial charge in [0.2, 0.25) is 5.89 Å². The van der Waals surface area contributed by atoms with Crippen LogP contribution < -0.4 is 0 Å². The summed E-state index contributed by atoms with van der Waals surface area (Å²) in [6.07, 6.45) is 0.499. The second kappa shape index (κ2) is 5.05. The van der Waals surface area contributed by atoms with Crippen LogP contribution >= 0.6 is 0 Å². The molecule has 0 bridgehead atoms. The quantitative estimate of drug-likeness (QED) is 0.910. The molecule has 0 unspecified atom stereocenters. The molecular formula is C14H15N3O3. The second-order valence-electron chi connectivity index (χ2n) is 4.97. The Morgan fingerprint density at radius 1 is 1.45 bits per heavy atom. The lowest BCUT2D eigenvalue weighted by molar-refractivity contribution is -0.144. The van der Waals surface area contributed by atoms with Crippen molar-refractivity contribution in [1.29, 1.82) is 0 Å². The van der Waals surface area contributed by atoms with Crippen molar-refractivity contribution < 1.29 is 14.4 Å². The fourth-order valence-corrected chi connectivity index (χ4v) is 2.56. The third-order valence-electron chi connectivity index (χ3n) is 3.54. The minimum absolute atomic E-state index is 0.353. The Balaban J connectivity index is 1.86. The molecule has 0 aliphatic carbocycles. The summed E-state index contributed by atoms with van der Waals surface area (Å²) >= 11 is 0. The van der Waals surface area contributed by atoms with Crippen LogP contribution in [-0.4, -0.2) is 32.2 Å². The van der Waals surface area contributed by atoms with E-state index in [1.165, 1.54) is 0 Å². The first-order valence-electron chi connectivity index (χ1n) is 6.46. The van der Waals surface area contributed by atoms with Crippen LogP contribution in [0.3, 0.4) is 0 Å². The molecule has 1 aliphatic rings. The van der Waals surface area contributed by atoms with E-state index in [1.54, 1.807) is 6.92 Å². The first kappa shape index (κ1) is 12.8. The van der Waals surface area contributed by atoms with Crippen molar-refractivity contribution in [2.75, 3.05) is 0 Å². The Labute approximate surface area is 116 Å². The third-order valence-corrected chi connectivity index (χ3v) is 3.54. The molecule has 104 valence electrons. The molecule has 0 saturated carbocycles. The molecule has 1 aromatic carbocycles. The largest absolute Gasteiger partial charge is 0.480 e. The van der Waals surface area contributed by atoms with Gasteiger partial charge in [-0.05, 0) is 24.5 Å². The molecule has 2 heterocycles. The zero-order valence-corrected chi connectivity index (χ0v) is 11.1. The average Bonchev–Trinajstić information content (AvgIpc) is 2.83. The number of aromatic nitrogens is 2. The fraction of sp³-hybridized carbons (Fsp3) is 0.357. The smallest absolute Gasteiger partial charge is 0.321 e. The summed E-state index contributed by atoms with van der Waals surface area (Å²) in [4.78, 5) is 17.5. The van der Waals surface area contributed by atoms with Crippen LogP contribution in [0.1, 0.15) is 22.8 Å². The van der Waals surface area contributed by atoms with E-state index in [9.17, 15) is 9.90 Å². The predicted octanol–water partition coefficient (Wildman–Crippen LogP) is 1.39. The number of hydrogen-bond donors (Lipinski definition) is 1. The van der Waals surface area contributed by atoms with E-state index >= 15 is 0 Å². The molecule has 1 aliphatic heterocycles. The van der Waals surface area contributed by atoms with Crippen LogP contribution in [0.4, 0.5) is 0 Å². The Bertz CT molecular complexity index is 638. The zero-order valence-electron chi connectivity index (χ0n) is 11.1. The van der Waals surface area contributed by atoms with E-state index < -0.39 is 12.0 Å². The highest BCUT2D eigenvalue weighted by Crippen LogP contribution is 2.24. The van der Waals surface area contributed by atoms with Crippen molar-refractivity contribution in [3.8, 4) is 0 Å². The van der Waals surface area contributed by atoms with Crippen molar-refractivity contribution in [1.82, 2.24) is 15.0 Å². The Kier molecular flexibility index (Phi) is 3.23. The molecule has 6 nitrogen and oxygen atoms in total. The van der Waals surface area contributed by atoms with Gasteiger partial charge in [0.1, 0.15) is 6.04 Å². The fourth-order valence-electron chi connectivity index (χ4n) is 2.56. The molecule has 0 spiro atoms. The molecule has 1 aromatic heterocycles. The van der Waals surface area contributed by atoms with E-state index in [1.807, 2.05) is 29.2 Å². The summed E-state index contributed by atoms with van der Waals surface area (Å²) < 4.78 is 5.09. The number of fused-ring (bicyclic) bond motifs is 1. The number of carboxylic acid groups (broad SMARTS) is 1. The Morgan fingerprint density at radius 3 is 2.85 bits per heavy atom. The lowest BCUT2D eigenvalue weighted by Crippen LogP contribution is -2.45. The predicted molar refractivity (Wildman–Crippen MR) is 69.9 cm³/mol. The molecule has 0 fully saturated rings. The second-order valence-corrected chi connectivity index (χ2v) is 4.97. The molecule has 1 N–H and O–H groups in total. The van der Waals surface area contributed by atoms with Crippen LogP contribution in [-0.2, 0) is 24.3 Å². The molecule has 1 atom stereocenters. The van der Waals surface area contributed by atoms with Crippen molar-refractivity contribution >= 4 is 5.97 Å². The number of benzene rings is 1. The number of carboxylic acids is 1. The maximum Gasteiger partial charge on any atom is 0.321 e. The van der Waals surface area contributed by atoms with Gasteiger partial charge in [0.15, 0.2) is 5.82 Å². The number of hydrogen-bond acceptors (Lipinski definition) is 5. The average molecular weight is 273 g/mol. The molecule has 0 saturated heterocycles. The van der Waals surface area contributed by atoms with Gasteiger partial charge < -0.3 is 9.63 Å². The summed E-state index contributed by atoms with van der Waals surface area (Å²) in [6.45, 7) is 2.67. The van der Waals surface area contributed by atoms with E-state index in [2.05, 4.69) is 10.1 Å². The molecular weight excluding hydrogens is 258 g/mol. The van der Waals surface area contributed by atoms with Gasteiger partial charge in [0.05, 0.1) is 6.54 Å². The van der Waals surface area contributed by atoms with Gasteiger partial charge in [0, 0.05) is 6.54 Å². The first-order valence-corrected chi connectivity index (χ1v) is 6.46. The number of aliphatic carboxylic acids is 1. The SMILES string of the molecule is Cc1noc(CN2Cc3ccccc3C[C@H]2C(=O)O)n1. The van der Waals surface area contributed by atoms with Gasteiger partial charge in [0.25, 0.3) is 0 Å². The van der Waals surface area contributed by atoms with Gasteiger partial charge in [-0.15, -0.1) is 0 Å². The molecule has 6 heteroatoms. The monoisotopic (exact) mass is 273 g/mol. The molecule has 20 heavy (non-hydrogen) atoms. The minimum Gasteiger partial charge on any atom is -0.480 e. The minimum atomic E-state index is -0.823. The first-order chi connectivity index (χ1) is 9.63. The molecule has 0 amide bonds. The van der Waals surface area contributed by atoms with E-state index in [-0.39, 0.29) is 0 Å². The van der Waals surface area contributed by atoms with Crippen LogP contribution in [0.15, 0.2) is 28.8 Å². The van der Waals surface area contributed by atoms with Crippen LogP contribution in [0, 0.1) is 6.92 Å². The van der Waals surface area contributed by atoms with E-state index in [4.69, 9.17) is 4.52 Å². The summed E-state index contributed by atoms with van der Waals surface area (Å²) in [6, 6.07) is 7.36. The van der Waals surface area contributed by atoms with E-state index in [0.717, 1.165) is 11.1 Å². The van der Waals surface area contributed by atoms with E-state index in [0.29, 0.717) is 31.2 Å². The number of nitrogens with zero attached hydrogens (tertiary/aromatic N) is 3. The van der Waals surface area contributed by atoms with Crippen LogP contribution in [0.2, 0.25) is 0 Å². The highest BCUT2D eigenvalue weighted by molar-refractivity contribution is 5.74. The number of carbonyl (C=O) groups is 1. The highest BCUT2D eigenvalue weighted by Gasteiger charge is 2.32. The van der Waals surface area contributed by atoms with Gasteiger partial charge in [-0.25, -0.2) is 0 Å². The van der Waals surface area contributed by atoms with Gasteiger partial charge in [-0.2, -0.15) is 4.98 Å². The maximum absolute atomic E-state index is 11.5. The Hall–Kier alpha value is -2.21. The van der Waals surface area contributed by atoms with Gasteiger partial charge in [-0.3, -0.25) is 9.69 Å². The molecule has 3 rings (SSSR count). The van der Waals surface area contributed by atoms with Crippen molar-refractivity contribution in [3.05, 3.63) is 47.1 Å². The number of aryl methyl sites for hydroxylation is 1. The summed E-state index contributed by atoms with van der Waals surface area (Å²) in [5.41, 5.74) is 2.25. The van der Waals surface area contributed by atoms with Gasteiger partial charge >= 0.3 is 5.97 Å². The normalized spacial score (nSPS) is 18.8. The molecule has 0 radical (unpaired) electrons. The lowest BCUT2D eigenvalue weighted by Gasteiger charge is -2.33. The summed E-state index contributed by atoms with van der Waals surface area (Å²) in [5.74, 6) is 0.188. The Morgan fingerprint density at radius 2 is 2.20 bits per heavy atom.